The maximum Gasteiger partial charge on any atom is 0.335 e. The Kier molecular flexibility index (Phi) is 7.42. The largest absolute Gasteiger partial charge is 0.423 e. The molecule has 0 radical (unpaired) electrons. The predicted octanol–water partition coefficient (Wildman–Crippen LogP) is 7.31. The van der Waals surface area contributed by atoms with E-state index in [2.05, 4.69) is 48.4 Å². The Bertz CT molecular complexity index is 1390. The summed E-state index contributed by atoms with van der Waals surface area (Å²) in [5, 5.41) is 0. The minimum atomic E-state index is -0.504. The van der Waals surface area contributed by atoms with Crippen LogP contribution in [-0.4, -0.2) is 11.9 Å². The summed E-state index contributed by atoms with van der Waals surface area (Å²) < 4.78 is 10.4. The Labute approximate surface area is 210 Å². The third-order valence-electron chi connectivity index (χ3n) is 5.45. The first-order valence-electron chi connectivity index (χ1n) is 11.3. The van der Waals surface area contributed by atoms with Crippen LogP contribution in [0.15, 0.2) is 122 Å². The van der Waals surface area contributed by atoms with Crippen molar-refractivity contribution in [2.75, 3.05) is 4.90 Å². The van der Waals surface area contributed by atoms with Crippen LogP contribution in [0.2, 0.25) is 0 Å². The van der Waals surface area contributed by atoms with Gasteiger partial charge in [0, 0.05) is 29.2 Å². The first kappa shape index (κ1) is 24.2. The molecular weight excluding hydrogens is 450 g/mol. The van der Waals surface area contributed by atoms with Crippen molar-refractivity contribution >= 4 is 29.0 Å². The number of anilines is 3. The zero-order valence-corrected chi connectivity index (χ0v) is 19.9. The minimum Gasteiger partial charge on any atom is -0.423 e. The van der Waals surface area contributed by atoms with Crippen molar-refractivity contribution in [1.29, 1.82) is 0 Å². The molecule has 0 amide bonds. The van der Waals surface area contributed by atoms with Gasteiger partial charge in [0.25, 0.3) is 0 Å². The van der Waals surface area contributed by atoms with Gasteiger partial charge in [-0.25, -0.2) is 9.59 Å². The van der Waals surface area contributed by atoms with E-state index < -0.39 is 11.9 Å². The average molecular weight is 476 g/mol. The Morgan fingerprint density at radius 1 is 0.639 bits per heavy atom. The number of carbonyl (C=O) groups is 2. The van der Waals surface area contributed by atoms with E-state index in [9.17, 15) is 9.59 Å². The van der Waals surface area contributed by atoms with Gasteiger partial charge in [-0.1, -0.05) is 55.1 Å². The molecule has 4 aromatic rings. The summed E-state index contributed by atoms with van der Waals surface area (Å²) in [7, 11) is 0. The van der Waals surface area contributed by atoms with Gasteiger partial charge in [0.2, 0.25) is 0 Å². The number of rotatable bonds is 8. The van der Waals surface area contributed by atoms with Gasteiger partial charge in [0.05, 0.1) is 0 Å². The third-order valence-corrected chi connectivity index (χ3v) is 5.45. The lowest BCUT2D eigenvalue weighted by Gasteiger charge is -2.26. The number of esters is 2. The molecule has 4 rings (SSSR count). The number of carbonyl (C=O) groups excluding carboxylic acids is 2. The van der Waals surface area contributed by atoms with Gasteiger partial charge in [0.15, 0.2) is 0 Å². The molecule has 4 aromatic carbocycles. The molecule has 0 fully saturated rings. The van der Waals surface area contributed by atoms with Crippen LogP contribution in [-0.2, 0) is 9.59 Å². The summed E-state index contributed by atoms with van der Waals surface area (Å²) in [6, 6.07) is 31.1. The standard InChI is InChI=1S/C31H25NO4/c1-4-30(33)35-28-17-11-23(12-18-28)24-7-6-8-27(21-24)32(25-13-9-22(3)10-14-25)26-15-19-29(20-16-26)36-31(34)5-2/h4-21H,1-2H2,3H3. The summed E-state index contributed by atoms with van der Waals surface area (Å²) >= 11 is 0. The topological polar surface area (TPSA) is 55.8 Å². The van der Waals surface area contributed by atoms with Crippen LogP contribution >= 0.6 is 0 Å². The Balaban J connectivity index is 1.70. The number of ether oxygens (including phenoxy) is 2. The highest BCUT2D eigenvalue weighted by Gasteiger charge is 2.14. The second-order valence-electron chi connectivity index (χ2n) is 7.99. The van der Waals surface area contributed by atoms with Crippen LogP contribution in [0.4, 0.5) is 17.1 Å². The summed E-state index contributed by atoms with van der Waals surface area (Å²) in [5.41, 5.74) is 5.99. The third kappa shape index (κ3) is 5.77. The molecule has 0 aromatic heterocycles. The van der Waals surface area contributed by atoms with Crippen molar-refractivity contribution in [3.05, 3.63) is 128 Å². The fourth-order valence-corrected chi connectivity index (χ4v) is 3.66. The van der Waals surface area contributed by atoms with Crippen molar-refractivity contribution in [2.45, 2.75) is 6.92 Å². The molecule has 0 saturated heterocycles. The van der Waals surface area contributed by atoms with E-state index in [4.69, 9.17) is 9.47 Å². The number of benzene rings is 4. The van der Waals surface area contributed by atoms with Crippen LogP contribution in [0.3, 0.4) is 0 Å². The lowest BCUT2D eigenvalue weighted by Crippen LogP contribution is -2.10. The first-order valence-corrected chi connectivity index (χ1v) is 11.3. The molecular formula is C31H25NO4. The summed E-state index contributed by atoms with van der Waals surface area (Å²) in [6.07, 6.45) is 2.26. The molecule has 5 heteroatoms. The van der Waals surface area contributed by atoms with Crippen LogP contribution < -0.4 is 14.4 Å². The maximum absolute atomic E-state index is 11.6. The van der Waals surface area contributed by atoms with E-state index >= 15 is 0 Å². The van der Waals surface area contributed by atoms with Gasteiger partial charge < -0.3 is 14.4 Å². The van der Waals surface area contributed by atoms with Gasteiger partial charge in [-0.2, -0.15) is 0 Å². The fraction of sp³-hybridized carbons (Fsp3) is 0.0323. The number of hydrogen-bond acceptors (Lipinski definition) is 5. The molecule has 0 aliphatic heterocycles. The molecule has 0 aliphatic carbocycles. The summed E-state index contributed by atoms with van der Waals surface area (Å²) in [5.74, 6) is -0.100. The normalized spacial score (nSPS) is 10.2. The summed E-state index contributed by atoms with van der Waals surface area (Å²) in [6.45, 7) is 8.90. The molecule has 0 saturated carbocycles. The molecule has 5 nitrogen and oxygen atoms in total. The van der Waals surface area contributed by atoms with Crippen LogP contribution in [0.1, 0.15) is 5.56 Å². The van der Waals surface area contributed by atoms with Crippen molar-refractivity contribution < 1.29 is 19.1 Å². The van der Waals surface area contributed by atoms with Crippen LogP contribution in [0.25, 0.3) is 11.1 Å². The lowest BCUT2D eigenvalue weighted by atomic mass is 10.0. The average Bonchev–Trinajstić information content (AvgIpc) is 2.91. The molecule has 36 heavy (non-hydrogen) atoms. The molecule has 0 spiro atoms. The molecule has 0 heterocycles. The van der Waals surface area contributed by atoms with Gasteiger partial charge in [-0.15, -0.1) is 0 Å². The molecule has 0 bridgehead atoms. The van der Waals surface area contributed by atoms with Gasteiger partial charge in [-0.3, -0.25) is 0 Å². The Morgan fingerprint density at radius 3 is 1.67 bits per heavy atom. The van der Waals surface area contributed by atoms with Gasteiger partial charge in [-0.05, 0) is 78.7 Å². The van der Waals surface area contributed by atoms with E-state index in [0.29, 0.717) is 11.5 Å². The monoisotopic (exact) mass is 475 g/mol. The fourth-order valence-electron chi connectivity index (χ4n) is 3.66. The first-order chi connectivity index (χ1) is 17.5. The van der Waals surface area contributed by atoms with E-state index in [1.807, 2.05) is 49.4 Å². The van der Waals surface area contributed by atoms with Gasteiger partial charge >= 0.3 is 11.9 Å². The predicted molar refractivity (Wildman–Crippen MR) is 143 cm³/mol. The molecule has 0 N–H and O–H groups in total. The van der Waals surface area contributed by atoms with Gasteiger partial charge in [0.1, 0.15) is 11.5 Å². The lowest BCUT2D eigenvalue weighted by molar-refractivity contribution is -0.129. The maximum atomic E-state index is 11.6. The van der Waals surface area contributed by atoms with Crippen LogP contribution in [0, 0.1) is 6.92 Å². The molecule has 178 valence electrons. The second kappa shape index (κ2) is 11.0. The highest BCUT2D eigenvalue weighted by molar-refractivity contribution is 5.84. The Hall–Kier alpha value is -4.90. The SMILES string of the molecule is C=CC(=O)Oc1ccc(-c2cccc(N(c3ccc(C)cc3)c3ccc(OC(=O)C=C)cc3)c2)cc1. The number of nitrogens with zero attached hydrogens (tertiary/aromatic N) is 1. The molecule has 0 unspecified atom stereocenters. The zero-order chi connectivity index (χ0) is 25.5. The van der Waals surface area contributed by atoms with E-state index in [0.717, 1.165) is 45.9 Å². The number of aryl methyl sites for hydroxylation is 1. The van der Waals surface area contributed by atoms with E-state index in [-0.39, 0.29) is 0 Å². The quantitative estimate of drug-likeness (QED) is 0.152. The van der Waals surface area contributed by atoms with Crippen molar-refractivity contribution in [3.63, 3.8) is 0 Å². The number of hydrogen-bond donors (Lipinski definition) is 0. The zero-order valence-electron chi connectivity index (χ0n) is 19.9. The minimum absolute atomic E-state index is 0.443. The van der Waals surface area contributed by atoms with Crippen molar-refractivity contribution in [3.8, 4) is 22.6 Å². The molecule has 0 atom stereocenters. The van der Waals surface area contributed by atoms with Crippen molar-refractivity contribution in [1.82, 2.24) is 0 Å². The van der Waals surface area contributed by atoms with Crippen LogP contribution in [0.5, 0.6) is 11.5 Å². The smallest absolute Gasteiger partial charge is 0.335 e. The highest BCUT2D eigenvalue weighted by Crippen LogP contribution is 2.37. The van der Waals surface area contributed by atoms with Crippen molar-refractivity contribution in [2.24, 2.45) is 0 Å². The summed E-state index contributed by atoms with van der Waals surface area (Å²) in [4.78, 5) is 25.1. The van der Waals surface area contributed by atoms with E-state index in [1.54, 1.807) is 24.3 Å². The van der Waals surface area contributed by atoms with E-state index in [1.165, 1.54) is 0 Å². The second-order valence-corrected chi connectivity index (χ2v) is 7.99. The highest BCUT2D eigenvalue weighted by atomic mass is 16.5. The molecule has 0 aliphatic rings. The Morgan fingerprint density at radius 2 is 1.14 bits per heavy atom.